The summed E-state index contributed by atoms with van der Waals surface area (Å²) in [6, 6.07) is 12.1. The van der Waals surface area contributed by atoms with Crippen LogP contribution in [-0.4, -0.2) is 23.1 Å². The van der Waals surface area contributed by atoms with Crippen molar-refractivity contribution in [3.63, 3.8) is 0 Å². The summed E-state index contributed by atoms with van der Waals surface area (Å²) in [4.78, 5) is 15.2. The second kappa shape index (κ2) is 6.65. The van der Waals surface area contributed by atoms with E-state index in [0.29, 0.717) is 40.9 Å². The number of hydrogen-bond acceptors (Lipinski definition) is 5. The maximum Gasteiger partial charge on any atom is 0.295 e. The number of para-hydroxylation sites is 1. The van der Waals surface area contributed by atoms with E-state index >= 15 is 0 Å². The van der Waals surface area contributed by atoms with Gasteiger partial charge in [-0.3, -0.25) is 10.1 Å². The molecule has 2 aromatic carbocycles. The highest BCUT2D eigenvalue weighted by Crippen LogP contribution is 2.38. The van der Waals surface area contributed by atoms with Gasteiger partial charge in [-0.05, 0) is 29.8 Å². The van der Waals surface area contributed by atoms with Crippen LogP contribution in [-0.2, 0) is 0 Å². The second-order valence-corrected chi connectivity index (χ2v) is 6.11. The van der Waals surface area contributed by atoms with Crippen LogP contribution in [0, 0.1) is 10.1 Å². The lowest BCUT2D eigenvalue weighted by Gasteiger charge is -2.19. The third-order valence-corrected chi connectivity index (χ3v) is 4.26. The summed E-state index contributed by atoms with van der Waals surface area (Å²) >= 11 is 6.23. The number of rotatable bonds is 3. The minimum absolute atomic E-state index is 0.0138. The first-order valence-electron chi connectivity index (χ1n) is 7.93. The molecule has 0 spiro atoms. The molecule has 0 radical (unpaired) electrons. The first kappa shape index (κ1) is 16.4. The molecule has 0 bridgehead atoms. The van der Waals surface area contributed by atoms with Gasteiger partial charge >= 0.3 is 0 Å². The smallest absolute Gasteiger partial charge is 0.295 e. The van der Waals surface area contributed by atoms with E-state index in [1.807, 2.05) is 24.3 Å². The largest absolute Gasteiger partial charge is 0.486 e. The van der Waals surface area contributed by atoms with Gasteiger partial charge < -0.3 is 9.47 Å². The quantitative estimate of drug-likeness (QED) is 0.493. The molecule has 130 valence electrons. The van der Waals surface area contributed by atoms with E-state index in [-0.39, 0.29) is 5.69 Å². The number of ether oxygens (including phenoxy) is 2. The first-order valence-corrected chi connectivity index (χ1v) is 8.31. The van der Waals surface area contributed by atoms with Crippen LogP contribution in [0.2, 0.25) is 5.02 Å². The summed E-state index contributed by atoms with van der Waals surface area (Å²) in [7, 11) is 0. The summed E-state index contributed by atoms with van der Waals surface area (Å²) in [5.41, 5.74) is 1.78. The molecule has 1 aliphatic rings. The van der Waals surface area contributed by atoms with Crippen LogP contribution in [0.1, 0.15) is 11.3 Å². The number of hydrogen-bond donors (Lipinski definition) is 0. The van der Waals surface area contributed by atoms with E-state index in [0.717, 1.165) is 10.9 Å². The van der Waals surface area contributed by atoms with Crippen molar-refractivity contribution in [1.29, 1.82) is 0 Å². The summed E-state index contributed by atoms with van der Waals surface area (Å²) in [5.74, 6) is 1.15. The fourth-order valence-corrected chi connectivity index (χ4v) is 3.07. The van der Waals surface area contributed by atoms with Crippen LogP contribution < -0.4 is 9.47 Å². The Morgan fingerprint density at radius 2 is 1.96 bits per heavy atom. The van der Waals surface area contributed by atoms with Gasteiger partial charge in [0.05, 0.1) is 15.6 Å². The molecular formula is C19H13ClN2O4. The SMILES string of the molecule is O=[N+]([O-])c1cccc2ccc(/C=C/c3cc(Cl)c4c(c3)OCCO4)nc12. The fourth-order valence-electron chi connectivity index (χ4n) is 2.80. The van der Waals surface area contributed by atoms with E-state index in [9.17, 15) is 10.1 Å². The number of fused-ring (bicyclic) bond motifs is 2. The Bertz CT molecular complexity index is 1050. The van der Waals surface area contributed by atoms with Crippen LogP contribution in [0.25, 0.3) is 23.1 Å². The number of nitro groups is 1. The van der Waals surface area contributed by atoms with Crippen molar-refractivity contribution in [2.24, 2.45) is 0 Å². The van der Waals surface area contributed by atoms with Gasteiger partial charge in [-0.15, -0.1) is 0 Å². The van der Waals surface area contributed by atoms with Crippen LogP contribution in [0.5, 0.6) is 11.5 Å². The zero-order valence-corrected chi connectivity index (χ0v) is 14.3. The maximum absolute atomic E-state index is 11.2. The van der Waals surface area contributed by atoms with Gasteiger partial charge in [0.2, 0.25) is 0 Å². The zero-order chi connectivity index (χ0) is 18.1. The molecule has 0 fully saturated rings. The Hall–Kier alpha value is -3.12. The Morgan fingerprint density at radius 1 is 1.12 bits per heavy atom. The van der Waals surface area contributed by atoms with Gasteiger partial charge in [-0.1, -0.05) is 35.9 Å². The Kier molecular flexibility index (Phi) is 4.18. The monoisotopic (exact) mass is 368 g/mol. The zero-order valence-electron chi connectivity index (χ0n) is 13.5. The average Bonchev–Trinajstić information content (AvgIpc) is 2.65. The molecular weight excluding hydrogens is 356 g/mol. The molecule has 26 heavy (non-hydrogen) atoms. The van der Waals surface area contributed by atoms with Crippen molar-refractivity contribution in [1.82, 2.24) is 4.98 Å². The fraction of sp³-hybridized carbons (Fsp3) is 0.105. The van der Waals surface area contributed by atoms with Crippen molar-refractivity contribution in [2.45, 2.75) is 0 Å². The third-order valence-electron chi connectivity index (χ3n) is 3.98. The molecule has 1 aromatic heterocycles. The molecule has 1 aliphatic heterocycles. The summed E-state index contributed by atoms with van der Waals surface area (Å²) in [6.07, 6.45) is 3.60. The van der Waals surface area contributed by atoms with Crippen LogP contribution in [0.4, 0.5) is 5.69 Å². The number of aromatic nitrogens is 1. The molecule has 3 aromatic rings. The number of halogens is 1. The van der Waals surface area contributed by atoms with Gasteiger partial charge in [0.1, 0.15) is 18.7 Å². The highest BCUT2D eigenvalue weighted by molar-refractivity contribution is 6.32. The topological polar surface area (TPSA) is 74.5 Å². The van der Waals surface area contributed by atoms with E-state index < -0.39 is 4.92 Å². The first-order chi connectivity index (χ1) is 12.6. The molecule has 2 heterocycles. The van der Waals surface area contributed by atoms with E-state index in [1.54, 1.807) is 24.3 Å². The molecule has 0 atom stereocenters. The molecule has 6 nitrogen and oxygen atoms in total. The lowest BCUT2D eigenvalue weighted by molar-refractivity contribution is -0.383. The van der Waals surface area contributed by atoms with Crippen molar-refractivity contribution in [2.75, 3.05) is 13.2 Å². The lowest BCUT2D eigenvalue weighted by Crippen LogP contribution is -2.15. The second-order valence-electron chi connectivity index (χ2n) is 5.70. The molecule has 0 amide bonds. The molecule has 0 aliphatic carbocycles. The predicted octanol–water partition coefficient (Wildman–Crippen LogP) is 4.74. The van der Waals surface area contributed by atoms with Gasteiger partial charge in [-0.25, -0.2) is 4.98 Å². The number of non-ortho nitro benzene ring substituents is 1. The number of benzene rings is 2. The van der Waals surface area contributed by atoms with Gasteiger partial charge in [0, 0.05) is 11.5 Å². The van der Waals surface area contributed by atoms with Gasteiger partial charge in [-0.2, -0.15) is 0 Å². The average molecular weight is 369 g/mol. The van der Waals surface area contributed by atoms with E-state index in [4.69, 9.17) is 21.1 Å². The number of nitrogens with zero attached hydrogens (tertiary/aromatic N) is 2. The van der Waals surface area contributed by atoms with E-state index in [1.165, 1.54) is 6.07 Å². The Morgan fingerprint density at radius 3 is 2.81 bits per heavy atom. The van der Waals surface area contributed by atoms with Gasteiger partial charge in [0.15, 0.2) is 11.5 Å². The molecule has 7 heteroatoms. The molecule has 0 N–H and O–H groups in total. The van der Waals surface area contributed by atoms with Crippen LogP contribution in [0.15, 0.2) is 42.5 Å². The van der Waals surface area contributed by atoms with Crippen molar-refractivity contribution < 1.29 is 14.4 Å². The maximum atomic E-state index is 11.2. The number of pyridine rings is 1. The third kappa shape index (κ3) is 3.07. The van der Waals surface area contributed by atoms with E-state index in [2.05, 4.69) is 4.98 Å². The molecule has 4 rings (SSSR count). The highest BCUT2D eigenvalue weighted by atomic mass is 35.5. The van der Waals surface area contributed by atoms with Crippen LogP contribution in [0.3, 0.4) is 0 Å². The van der Waals surface area contributed by atoms with Crippen molar-refractivity contribution in [3.8, 4) is 11.5 Å². The minimum Gasteiger partial charge on any atom is -0.486 e. The Labute approximate surface area is 153 Å². The van der Waals surface area contributed by atoms with Gasteiger partial charge in [0.25, 0.3) is 5.69 Å². The molecule has 0 saturated carbocycles. The standard InChI is InChI=1S/C19H13ClN2O4/c20-15-10-12(11-17-19(15)26-9-8-25-17)4-6-14-7-5-13-2-1-3-16(22(23)24)18(13)21-14/h1-7,10-11H,8-9H2/b6-4+. The highest BCUT2D eigenvalue weighted by Gasteiger charge is 2.16. The normalized spacial score (nSPS) is 13.3. The number of nitro benzene ring substituents is 1. The summed E-state index contributed by atoms with van der Waals surface area (Å²) in [6.45, 7) is 0.952. The van der Waals surface area contributed by atoms with Crippen LogP contribution >= 0.6 is 11.6 Å². The minimum atomic E-state index is -0.427. The predicted molar refractivity (Wildman–Crippen MR) is 99.8 cm³/mol. The van der Waals surface area contributed by atoms with Crippen molar-refractivity contribution >= 4 is 40.3 Å². The molecule has 0 unspecified atom stereocenters. The summed E-state index contributed by atoms with van der Waals surface area (Å²) in [5, 5.41) is 12.4. The Balaban J connectivity index is 1.70. The summed E-state index contributed by atoms with van der Waals surface area (Å²) < 4.78 is 11.1. The lowest BCUT2D eigenvalue weighted by atomic mass is 10.1. The van der Waals surface area contributed by atoms with Crippen molar-refractivity contribution in [3.05, 3.63) is 68.9 Å². The molecule has 0 saturated heterocycles.